The summed E-state index contributed by atoms with van der Waals surface area (Å²) >= 11 is 0. The van der Waals surface area contributed by atoms with Crippen LogP contribution < -0.4 is 0 Å². The number of carboxylic acids is 1. The van der Waals surface area contributed by atoms with Gasteiger partial charge in [0.25, 0.3) is 0 Å². The molecule has 1 N–H and O–H groups in total. The molecule has 0 amide bonds. The van der Waals surface area contributed by atoms with E-state index in [1.165, 1.54) is 0 Å². The Bertz CT molecular complexity index is 208. The molecule has 4 nitrogen and oxygen atoms in total. The Morgan fingerprint density at radius 3 is 2.80 bits per heavy atom. The summed E-state index contributed by atoms with van der Waals surface area (Å²) in [7, 11) is 2.02. The predicted molar refractivity (Wildman–Crippen MR) is 57.9 cm³/mol. The average molecular weight is 215 g/mol. The maximum Gasteiger partial charge on any atom is 0.303 e. The van der Waals surface area contributed by atoms with Crippen LogP contribution >= 0.6 is 0 Å². The summed E-state index contributed by atoms with van der Waals surface area (Å²) in [6.07, 6.45) is 3.98. The van der Waals surface area contributed by atoms with Gasteiger partial charge in [0.2, 0.25) is 0 Å². The largest absolute Gasteiger partial charge is 0.481 e. The first-order valence-electron chi connectivity index (χ1n) is 5.63. The van der Waals surface area contributed by atoms with Gasteiger partial charge in [-0.05, 0) is 39.8 Å². The van der Waals surface area contributed by atoms with Gasteiger partial charge in [-0.2, -0.15) is 0 Å². The number of carbonyl (C=O) groups is 1. The zero-order chi connectivity index (χ0) is 11.3. The van der Waals surface area contributed by atoms with Gasteiger partial charge in [0.1, 0.15) is 0 Å². The number of likely N-dealkylation sites (N-methyl/N-ethyl adjacent to an activating group) is 1. The first-order valence-corrected chi connectivity index (χ1v) is 5.63. The highest BCUT2D eigenvalue weighted by Gasteiger charge is 2.22. The number of hydrogen-bond donors (Lipinski definition) is 1. The highest BCUT2D eigenvalue weighted by atomic mass is 16.5. The summed E-state index contributed by atoms with van der Waals surface area (Å²) in [5, 5.41) is 8.50. The first kappa shape index (κ1) is 12.5. The number of carboxylic acid groups (broad SMARTS) is 1. The fourth-order valence-corrected chi connectivity index (χ4v) is 1.96. The number of nitrogens with zero attached hydrogens (tertiary/aromatic N) is 1. The molecule has 1 rings (SSSR count). The molecule has 0 aromatic carbocycles. The Balaban J connectivity index is 2.07. The van der Waals surface area contributed by atoms with Crippen molar-refractivity contribution < 1.29 is 14.6 Å². The molecule has 1 saturated heterocycles. The third-order valence-electron chi connectivity index (χ3n) is 2.77. The van der Waals surface area contributed by atoms with Gasteiger partial charge in [0, 0.05) is 13.0 Å². The summed E-state index contributed by atoms with van der Waals surface area (Å²) in [6.45, 7) is 3.86. The number of aliphatic carboxylic acids is 1. The molecule has 0 radical (unpaired) electrons. The lowest BCUT2D eigenvalue weighted by atomic mass is 10.2. The third kappa shape index (κ3) is 5.14. The van der Waals surface area contributed by atoms with Gasteiger partial charge >= 0.3 is 5.97 Å². The number of hydrogen-bond acceptors (Lipinski definition) is 3. The highest BCUT2D eigenvalue weighted by molar-refractivity contribution is 5.66. The topological polar surface area (TPSA) is 49.8 Å². The Morgan fingerprint density at radius 2 is 2.27 bits per heavy atom. The molecule has 1 aliphatic heterocycles. The molecule has 0 bridgehead atoms. The van der Waals surface area contributed by atoms with Crippen LogP contribution in [0.1, 0.15) is 32.6 Å². The molecule has 4 heteroatoms. The van der Waals surface area contributed by atoms with Gasteiger partial charge in [-0.25, -0.2) is 0 Å². The van der Waals surface area contributed by atoms with Crippen LogP contribution in [-0.2, 0) is 9.53 Å². The van der Waals surface area contributed by atoms with Crippen LogP contribution in [0.3, 0.4) is 0 Å². The molecule has 2 atom stereocenters. The van der Waals surface area contributed by atoms with Gasteiger partial charge in [0.05, 0.1) is 12.2 Å². The van der Waals surface area contributed by atoms with E-state index in [0.29, 0.717) is 18.6 Å². The van der Waals surface area contributed by atoms with E-state index in [0.717, 1.165) is 25.9 Å². The molecular formula is C11H21NO3. The fourth-order valence-electron chi connectivity index (χ4n) is 1.96. The lowest BCUT2D eigenvalue weighted by Gasteiger charge is -2.20. The molecule has 0 spiro atoms. The van der Waals surface area contributed by atoms with E-state index in [1.807, 2.05) is 7.05 Å². The molecular weight excluding hydrogens is 194 g/mol. The van der Waals surface area contributed by atoms with E-state index >= 15 is 0 Å². The van der Waals surface area contributed by atoms with E-state index in [1.54, 1.807) is 0 Å². The van der Waals surface area contributed by atoms with Crippen LogP contribution in [0.15, 0.2) is 0 Å². The van der Waals surface area contributed by atoms with Crippen molar-refractivity contribution in [3.63, 3.8) is 0 Å². The quantitative estimate of drug-likeness (QED) is 0.726. The molecule has 0 aliphatic carbocycles. The third-order valence-corrected chi connectivity index (χ3v) is 2.77. The molecule has 88 valence electrons. The fraction of sp³-hybridized carbons (Fsp3) is 0.909. The zero-order valence-corrected chi connectivity index (χ0v) is 9.61. The minimum atomic E-state index is -0.714. The van der Waals surface area contributed by atoms with Gasteiger partial charge < -0.3 is 14.7 Å². The molecule has 1 aliphatic rings. The van der Waals surface area contributed by atoms with Crippen LogP contribution in [0.25, 0.3) is 0 Å². The molecule has 15 heavy (non-hydrogen) atoms. The van der Waals surface area contributed by atoms with Crippen LogP contribution in [0.2, 0.25) is 0 Å². The van der Waals surface area contributed by atoms with Crippen molar-refractivity contribution in [1.82, 2.24) is 4.90 Å². The minimum absolute atomic E-state index is 0.256. The Morgan fingerprint density at radius 1 is 1.53 bits per heavy atom. The maximum atomic E-state index is 10.3. The summed E-state index contributed by atoms with van der Waals surface area (Å²) in [5.41, 5.74) is 0. The molecule has 0 aromatic rings. The molecule has 0 saturated carbocycles. The van der Waals surface area contributed by atoms with Crippen molar-refractivity contribution in [3.05, 3.63) is 0 Å². The average Bonchev–Trinajstić information content (AvgIpc) is 2.50. The Kier molecular flexibility index (Phi) is 5.05. The number of rotatable bonds is 6. The normalized spacial score (nSPS) is 26.1. The van der Waals surface area contributed by atoms with Gasteiger partial charge in [0.15, 0.2) is 0 Å². The Hall–Kier alpha value is -0.610. The van der Waals surface area contributed by atoms with Crippen molar-refractivity contribution in [2.45, 2.75) is 44.8 Å². The molecule has 1 fully saturated rings. The maximum absolute atomic E-state index is 10.3. The van der Waals surface area contributed by atoms with E-state index in [9.17, 15) is 4.79 Å². The van der Waals surface area contributed by atoms with Crippen LogP contribution in [-0.4, -0.2) is 48.3 Å². The van der Waals surface area contributed by atoms with Crippen molar-refractivity contribution in [2.75, 3.05) is 20.1 Å². The van der Waals surface area contributed by atoms with Gasteiger partial charge in [-0.15, -0.1) is 0 Å². The molecule has 0 aromatic heterocycles. The lowest BCUT2D eigenvalue weighted by Crippen LogP contribution is -2.30. The standard InChI is InChI=1S/C11H21NO3/c1-9-5-6-10(15-9)8-12(2)7-3-4-11(13)14/h9-10H,3-8H2,1-2H3,(H,13,14). The lowest BCUT2D eigenvalue weighted by molar-refractivity contribution is -0.137. The summed E-state index contributed by atoms with van der Waals surface area (Å²) in [4.78, 5) is 12.5. The van der Waals surface area contributed by atoms with Crippen molar-refractivity contribution in [2.24, 2.45) is 0 Å². The zero-order valence-electron chi connectivity index (χ0n) is 9.61. The monoisotopic (exact) mass is 215 g/mol. The Labute approximate surface area is 91.2 Å². The van der Waals surface area contributed by atoms with Crippen molar-refractivity contribution >= 4 is 5.97 Å². The SMILES string of the molecule is CC1CCC(CN(C)CCCC(=O)O)O1. The second kappa shape index (κ2) is 6.08. The summed E-state index contributed by atoms with van der Waals surface area (Å²) in [6, 6.07) is 0. The van der Waals surface area contributed by atoms with E-state index in [4.69, 9.17) is 9.84 Å². The van der Waals surface area contributed by atoms with Gasteiger partial charge in [-0.1, -0.05) is 0 Å². The summed E-state index contributed by atoms with van der Waals surface area (Å²) in [5.74, 6) is -0.714. The van der Waals surface area contributed by atoms with E-state index < -0.39 is 5.97 Å². The summed E-state index contributed by atoms with van der Waals surface area (Å²) < 4.78 is 5.70. The second-order valence-corrected chi connectivity index (χ2v) is 4.41. The first-order chi connectivity index (χ1) is 7.08. The van der Waals surface area contributed by atoms with Crippen molar-refractivity contribution in [3.8, 4) is 0 Å². The van der Waals surface area contributed by atoms with Crippen LogP contribution in [0, 0.1) is 0 Å². The highest BCUT2D eigenvalue weighted by Crippen LogP contribution is 2.19. The van der Waals surface area contributed by atoms with Gasteiger partial charge in [-0.3, -0.25) is 4.79 Å². The second-order valence-electron chi connectivity index (χ2n) is 4.41. The van der Waals surface area contributed by atoms with E-state index in [2.05, 4.69) is 11.8 Å². The van der Waals surface area contributed by atoms with Crippen LogP contribution in [0.5, 0.6) is 0 Å². The van der Waals surface area contributed by atoms with Crippen molar-refractivity contribution in [1.29, 1.82) is 0 Å². The number of ether oxygens (including phenoxy) is 1. The van der Waals surface area contributed by atoms with Crippen LogP contribution in [0.4, 0.5) is 0 Å². The smallest absolute Gasteiger partial charge is 0.303 e. The predicted octanol–water partition coefficient (Wildman–Crippen LogP) is 1.35. The molecule has 1 heterocycles. The minimum Gasteiger partial charge on any atom is -0.481 e. The molecule has 2 unspecified atom stereocenters. The van der Waals surface area contributed by atoms with E-state index in [-0.39, 0.29) is 6.42 Å².